The Labute approximate surface area is 170 Å². The van der Waals surface area contributed by atoms with Crippen LogP contribution >= 0.6 is 0 Å². The Morgan fingerprint density at radius 3 is 2.52 bits per heavy atom. The summed E-state index contributed by atoms with van der Waals surface area (Å²) in [7, 11) is 3.35. The number of hydrogen-bond acceptors (Lipinski definition) is 4. The summed E-state index contributed by atoms with van der Waals surface area (Å²) in [5, 5.41) is 3.67. The summed E-state index contributed by atoms with van der Waals surface area (Å²) in [5.74, 6) is 1.66. The molecule has 1 aliphatic heterocycles. The molecule has 6 nitrogen and oxygen atoms in total. The van der Waals surface area contributed by atoms with Crippen molar-refractivity contribution in [1.82, 2.24) is 15.2 Å². The number of carbonyl (C=O) groups is 1. The first-order valence-electron chi connectivity index (χ1n) is 9.85. The van der Waals surface area contributed by atoms with Gasteiger partial charge in [0.15, 0.2) is 0 Å². The Morgan fingerprint density at radius 1 is 1.10 bits per heavy atom. The van der Waals surface area contributed by atoms with Crippen molar-refractivity contribution in [3.05, 3.63) is 54.7 Å². The summed E-state index contributed by atoms with van der Waals surface area (Å²) < 4.78 is 11.8. The number of fused-ring (bicyclic) bond motifs is 1. The number of ether oxygens (including phenoxy) is 2. The van der Waals surface area contributed by atoms with E-state index < -0.39 is 0 Å². The number of aromatic nitrogens is 1. The van der Waals surface area contributed by atoms with Gasteiger partial charge in [-0.2, -0.15) is 0 Å². The largest absolute Gasteiger partial charge is 0.495 e. The molecule has 0 atom stereocenters. The molecule has 0 spiro atoms. The predicted molar refractivity (Wildman–Crippen MR) is 113 cm³/mol. The van der Waals surface area contributed by atoms with Crippen LogP contribution in [0, 0.1) is 0 Å². The van der Waals surface area contributed by atoms with Crippen LogP contribution in [0.4, 0.5) is 4.79 Å². The Kier molecular flexibility index (Phi) is 5.51. The average molecular weight is 391 g/mol. The molecule has 4 rings (SSSR count). The van der Waals surface area contributed by atoms with Gasteiger partial charge in [0.05, 0.1) is 12.6 Å². The van der Waals surface area contributed by atoms with E-state index in [0.717, 1.165) is 46.4 Å². The SMILES string of the molecule is CNC(=O)N1CCC(Oc2ccc(-c3cnc4ccccc4c3OC)cc2)CC1. The Hall–Kier alpha value is -3.28. The second kappa shape index (κ2) is 8.39. The molecule has 0 bridgehead atoms. The van der Waals surface area contributed by atoms with Gasteiger partial charge >= 0.3 is 6.03 Å². The van der Waals surface area contributed by atoms with Gasteiger partial charge in [-0.05, 0) is 29.8 Å². The standard InChI is InChI=1S/C23H25N3O3/c1-24-23(27)26-13-11-18(12-14-26)29-17-9-7-16(8-10-17)20-15-25-21-6-4-3-5-19(21)22(20)28-2/h3-10,15,18H,11-14H2,1-2H3,(H,24,27). The van der Waals surface area contributed by atoms with Crippen molar-refractivity contribution in [2.45, 2.75) is 18.9 Å². The van der Waals surface area contributed by atoms with Gasteiger partial charge in [0, 0.05) is 50.1 Å². The van der Waals surface area contributed by atoms with Crippen LogP contribution in [-0.2, 0) is 0 Å². The molecular formula is C23H25N3O3. The number of amides is 2. The van der Waals surface area contributed by atoms with Crippen molar-refractivity contribution in [3.8, 4) is 22.6 Å². The molecule has 2 heterocycles. The number of pyridine rings is 1. The number of rotatable bonds is 4. The zero-order valence-electron chi connectivity index (χ0n) is 16.7. The zero-order valence-corrected chi connectivity index (χ0v) is 16.7. The number of nitrogens with one attached hydrogen (secondary N) is 1. The monoisotopic (exact) mass is 391 g/mol. The summed E-state index contributed by atoms with van der Waals surface area (Å²) in [6.07, 6.45) is 3.64. The molecule has 0 aliphatic carbocycles. The fourth-order valence-electron chi connectivity index (χ4n) is 3.78. The third-order valence-corrected chi connectivity index (χ3v) is 5.34. The third-order valence-electron chi connectivity index (χ3n) is 5.34. The van der Waals surface area contributed by atoms with Gasteiger partial charge < -0.3 is 19.7 Å². The molecule has 3 aromatic rings. The van der Waals surface area contributed by atoms with Crippen LogP contribution in [0.5, 0.6) is 11.5 Å². The van der Waals surface area contributed by atoms with E-state index in [1.165, 1.54) is 0 Å². The van der Waals surface area contributed by atoms with E-state index in [4.69, 9.17) is 9.47 Å². The number of benzene rings is 2. The summed E-state index contributed by atoms with van der Waals surface area (Å²) in [6, 6.07) is 16.0. The van der Waals surface area contributed by atoms with Gasteiger partial charge in [-0.1, -0.05) is 24.3 Å². The van der Waals surface area contributed by atoms with E-state index in [0.29, 0.717) is 13.1 Å². The second-order valence-corrected chi connectivity index (χ2v) is 7.11. The van der Waals surface area contributed by atoms with Crippen LogP contribution in [0.15, 0.2) is 54.7 Å². The summed E-state index contributed by atoms with van der Waals surface area (Å²) in [5.41, 5.74) is 2.90. The molecule has 0 saturated carbocycles. The maximum Gasteiger partial charge on any atom is 0.317 e. The highest BCUT2D eigenvalue weighted by Crippen LogP contribution is 2.36. The van der Waals surface area contributed by atoms with Gasteiger partial charge in [0.2, 0.25) is 0 Å². The topological polar surface area (TPSA) is 63.7 Å². The molecule has 1 aliphatic rings. The highest BCUT2D eigenvalue weighted by Gasteiger charge is 2.23. The summed E-state index contributed by atoms with van der Waals surface area (Å²) in [6.45, 7) is 1.42. The zero-order chi connectivity index (χ0) is 20.2. The minimum Gasteiger partial charge on any atom is -0.495 e. The van der Waals surface area contributed by atoms with Crippen LogP contribution in [0.2, 0.25) is 0 Å². The molecule has 6 heteroatoms. The lowest BCUT2D eigenvalue weighted by atomic mass is 10.0. The number of piperidine rings is 1. The van der Waals surface area contributed by atoms with E-state index in [-0.39, 0.29) is 12.1 Å². The van der Waals surface area contributed by atoms with E-state index in [1.807, 2.05) is 59.6 Å². The van der Waals surface area contributed by atoms with Crippen LogP contribution in [0.1, 0.15) is 12.8 Å². The molecule has 1 aromatic heterocycles. The number of likely N-dealkylation sites (tertiary alicyclic amines) is 1. The first-order chi connectivity index (χ1) is 14.2. The lowest BCUT2D eigenvalue weighted by molar-refractivity contribution is 0.112. The third kappa shape index (κ3) is 3.97. The Balaban J connectivity index is 1.48. The van der Waals surface area contributed by atoms with Crippen molar-refractivity contribution < 1.29 is 14.3 Å². The van der Waals surface area contributed by atoms with Crippen molar-refractivity contribution in [2.75, 3.05) is 27.2 Å². The van der Waals surface area contributed by atoms with Crippen LogP contribution in [-0.4, -0.2) is 49.3 Å². The number of nitrogens with zero attached hydrogens (tertiary/aromatic N) is 2. The molecule has 1 saturated heterocycles. The van der Waals surface area contributed by atoms with Gasteiger partial charge in [-0.25, -0.2) is 4.79 Å². The van der Waals surface area contributed by atoms with E-state index in [1.54, 1.807) is 14.2 Å². The lowest BCUT2D eigenvalue weighted by Gasteiger charge is -2.31. The van der Waals surface area contributed by atoms with Crippen LogP contribution in [0.25, 0.3) is 22.0 Å². The first-order valence-corrected chi connectivity index (χ1v) is 9.85. The Bertz CT molecular complexity index is 996. The van der Waals surface area contributed by atoms with Gasteiger partial charge in [-0.15, -0.1) is 0 Å². The van der Waals surface area contributed by atoms with Gasteiger partial charge in [0.25, 0.3) is 0 Å². The molecule has 2 amide bonds. The highest BCUT2D eigenvalue weighted by atomic mass is 16.5. The average Bonchev–Trinajstić information content (AvgIpc) is 2.79. The minimum absolute atomic E-state index is 0.0225. The van der Waals surface area contributed by atoms with E-state index in [9.17, 15) is 4.79 Å². The fraction of sp³-hybridized carbons (Fsp3) is 0.304. The van der Waals surface area contributed by atoms with Gasteiger partial charge in [0.1, 0.15) is 17.6 Å². The van der Waals surface area contributed by atoms with E-state index >= 15 is 0 Å². The molecule has 29 heavy (non-hydrogen) atoms. The quantitative estimate of drug-likeness (QED) is 0.728. The number of carbonyl (C=O) groups excluding carboxylic acids is 1. The number of hydrogen-bond donors (Lipinski definition) is 1. The first kappa shape index (κ1) is 19.1. The molecule has 2 aromatic carbocycles. The molecule has 1 fully saturated rings. The normalized spacial score (nSPS) is 14.6. The highest BCUT2D eigenvalue weighted by molar-refractivity contribution is 5.92. The molecule has 0 radical (unpaired) electrons. The van der Waals surface area contributed by atoms with Crippen molar-refractivity contribution in [3.63, 3.8) is 0 Å². The number of methoxy groups -OCH3 is 1. The van der Waals surface area contributed by atoms with Crippen LogP contribution < -0.4 is 14.8 Å². The fourth-order valence-corrected chi connectivity index (χ4v) is 3.78. The smallest absolute Gasteiger partial charge is 0.317 e. The van der Waals surface area contributed by atoms with Crippen molar-refractivity contribution in [1.29, 1.82) is 0 Å². The van der Waals surface area contributed by atoms with Crippen molar-refractivity contribution in [2.24, 2.45) is 0 Å². The summed E-state index contributed by atoms with van der Waals surface area (Å²) >= 11 is 0. The van der Waals surface area contributed by atoms with Gasteiger partial charge in [-0.3, -0.25) is 4.98 Å². The molecule has 150 valence electrons. The van der Waals surface area contributed by atoms with E-state index in [2.05, 4.69) is 10.3 Å². The number of para-hydroxylation sites is 1. The van der Waals surface area contributed by atoms with Crippen molar-refractivity contribution >= 4 is 16.9 Å². The second-order valence-electron chi connectivity index (χ2n) is 7.11. The Morgan fingerprint density at radius 2 is 1.83 bits per heavy atom. The lowest BCUT2D eigenvalue weighted by Crippen LogP contribution is -2.45. The summed E-state index contributed by atoms with van der Waals surface area (Å²) in [4.78, 5) is 18.1. The molecule has 1 N–H and O–H groups in total. The predicted octanol–water partition coefficient (Wildman–Crippen LogP) is 4.09. The maximum absolute atomic E-state index is 11.7. The molecular weight excluding hydrogens is 366 g/mol. The maximum atomic E-state index is 11.7. The minimum atomic E-state index is -0.0225. The molecule has 0 unspecified atom stereocenters. The van der Waals surface area contributed by atoms with Crippen LogP contribution in [0.3, 0.4) is 0 Å². The number of urea groups is 1.